The van der Waals surface area contributed by atoms with Crippen LogP contribution in [0.3, 0.4) is 0 Å². The predicted octanol–water partition coefficient (Wildman–Crippen LogP) is 3.40. The van der Waals surface area contributed by atoms with Crippen LogP contribution in [0.15, 0.2) is 30.3 Å². The number of nitriles is 1. The molecule has 0 spiro atoms. The van der Waals surface area contributed by atoms with Gasteiger partial charge in [-0.25, -0.2) is 0 Å². The molecule has 0 fully saturated rings. The Morgan fingerprint density at radius 3 is 2.53 bits per heavy atom. The summed E-state index contributed by atoms with van der Waals surface area (Å²) in [5, 5.41) is 9.65. The summed E-state index contributed by atoms with van der Waals surface area (Å²) in [4.78, 5) is 2.25. The van der Waals surface area contributed by atoms with Gasteiger partial charge in [0.1, 0.15) is 0 Å². The van der Waals surface area contributed by atoms with Crippen molar-refractivity contribution in [2.24, 2.45) is 0 Å². The van der Waals surface area contributed by atoms with E-state index >= 15 is 0 Å². The Balaban J connectivity index is 2.62. The molecule has 1 rings (SSSR count). The summed E-state index contributed by atoms with van der Waals surface area (Å²) in [5.74, 6) is 0.474. The summed E-state index contributed by atoms with van der Waals surface area (Å²) in [6, 6.07) is 13.0. The first-order valence-electron chi connectivity index (χ1n) is 5.87. The van der Waals surface area contributed by atoms with Crippen LogP contribution in [-0.2, 0) is 0 Å². The number of hydrogen-bond acceptors (Lipinski definition) is 2. The van der Waals surface area contributed by atoms with Crippen molar-refractivity contribution in [3.8, 4) is 6.07 Å². The van der Waals surface area contributed by atoms with Crippen LogP contribution in [0.25, 0.3) is 0 Å². The summed E-state index contributed by atoms with van der Waals surface area (Å²) in [7, 11) is 2.08. The first-order valence-corrected chi connectivity index (χ1v) is 6.99. The summed E-state index contributed by atoms with van der Waals surface area (Å²) in [6.07, 6.45) is 0.584. The summed E-state index contributed by atoms with van der Waals surface area (Å²) >= 11 is 3.58. The van der Waals surface area contributed by atoms with Crippen LogP contribution in [0.2, 0.25) is 0 Å². The van der Waals surface area contributed by atoms with E-state index in [0.29, 0.717) is 18.4 Å². The van der Waals surface area contributed by atoms with E-state index in [1.54, 1.807) is 0 Å². The van der Waals surface area contributed by atoms with E-state index in [1.165, 1.54) is 5.56 Å². The highest BCUT2D eigenvalue weighted by molar-refractivity contribution is 9.09. The van der Waals surface area contributed by atoms with Crippen LogP contribution < -0.4 is 0 Å². The van der Waals surface area contributed by atoms with Gasteiger partial charge in [0.15, 0.2) is 0 Å². The zero-order valence-electron chi connectivity index (χ0n) is 10.4. The molecule has 17 heavy (non-hydrogen) atoms. The van der Waals surface area contributed by atoms with Crippen molar-refractivity contribution in [2.45, 2.75) is 25.3 Å². The van der Waals surface area contributed by atoms with Gasteiger partial charge in [-0.3, -0.25) is 0 Å². The lowest BCUT2D eigenvalue weighted by Gasteiger charge is -2.27. The van der Waals surface area contributed by atoms with Gasteiger partial charge in [-0.05, 0) is 19.5 Å². The zero-order valence-corrected chi connectivity index (χ0v) is 12.0. The van der Waals surface area contributed by atoms with E-state index in [0.717, 1.165) is 11.9 Å². The van der Waals surface area contributed by atoms with Crippen molar-refractivity contribution >= 4 is 15.9 Å². The fraction of sp³-hybridized carbons (Fsp3) is 0.500. The van der Waals surface area contributed by atoms with E-state index in [9.17, 15) is 0 Å². The monoisotopic (exact) mass is 294 g/mol. The molecule has 0 amide bonds. The molecule has 0 aromatic heterocycles. The second-order valence-electron chi connectivity index (χ2n) is 4.41. The van der Waals surface area contributed by atoms with Gasteiger partial charge >= 0.3 is 0 Å². The van der Waals surface area contributed by atoms with Crippen molar-refractivity contribution in [2.75, 3.05) is 18.9 Å². The van der Waals surface area contributed by atoms with E-state index in [-0.39, 0.29) is 0 Å². The molecule has 2 nitrogen and oxygen atoms in total. The maximum Gasteiger partial charge on any atom is 0.0638 e. The lowest BCUT2D eigenvalue weighted by Crippen LogP contribution is -2.33. The summed E-state index contributed by atoms with van der Waals surface area (Å²) < 4.78 is 0. The largest absolute Gasteiger partial charge is 0.302 e. The number of rotatable bonds is 6. The molecule has 0 aliphatic heterocycles. The molecule has 0 saturated carbocycles. The molecule has 2 unspecified atom stereocenters. The normalized spacial score (nSPS) is 14.3. The Kier molecular flexibility index (Phi) is 6.25. The number of halogens is 1. The van der Waals surface area contributed by atoms with Gasteiger partial charge in [0.2, 0.25) is 0 Å². The highest BCUT2D eigenvalue weighted by Crippen LogP contribution is 2.20. The van der Waals surface area contributed by atoms with Gasteiger partial charge in [-0.1, -0.05) is 46.3 Å². The van der Waals surface area contributed by atoms with Crippen LogP contribution >= 0.6 is 15.9 Å². The van der Waals surface area contributed by atoms with Gasteiger partial charge < -0.3 is 4.90 Å². The lowest BCUT2D eigenvalue weighted by atomic mass is 10.00. The average Bonchev–Trinajstić information content (AvgIpc) is 2.37. The third-order valence-electron chi connectivity index (χ3n) is 3.10. The fourth-order valence-electron chi connectivity index (χ4n) is 1.78. The van der Waals surface area contributed by atoms with Crippen molar-refractivity contribution in [3.05, 3.63) is 35.9 Å². The molecule has 0 heterocycles. The summed E-state index contributed by atoms with van der Waals surface area (Å²) in [6.45, 7) is 3.07. The van der Waals surface area contributed by atoms with E-state index < -0.39 is 0 Å². The van der Waals surface area contributed by atoms with Crippen molar-refractivity contribution in [1.82, 2.24) is 4.90 Å². The molecular weight excluding hydrogens is 276 g/mol. The Labute approximate surface area is 112 Å². The number of benzene rings is 1. The number of nitrogens with zero attached hydrogens (tertiary/aromatic N) is 2. The predicted molar refractivity (Wildman–Crippen MR) is 75.3 cm³/mol. The van der Waals surface area contributed by atoms with Crippen LogP contribution in [0.1, 0.15) is 24.8 Å². The second kappa shape index (κ2) is 7.47. The van der Waals surface area contributed by atoms with Crippen LogP contribution in [0, 0.1) is 11.3 Å². The molecule has 0 bridgehead atoms. The summed E-state index contributed by atoms with van der Waals surface area (Å²) in [5.41, 5.74) is 1.35. The van der Waals surface area contributed by atoms with Gasteiger partial charge in [0.05, 0.1) is 12.5 Å². The van der Waals surface area contributed by atoms with Crippen LogP contribution in [-0.4, -0.2) is 29.9 Å². The molecule has 92 valence electrons. The maximum atomic E-state index is 8.71. The minimum Gasteiger partial charge on any atom is -0.302 e. The Hall–Kier alpha value is -0.850. The Morgan fingerprint density at radius 2 is 2.00 bits per heavy atom. The number of alkyl halides is 1. The third-order valence-corrected chi connectivity index (χ3v) is 3.89. The van der Waals surface area contributed by atoms with Gasteiger partial charge in [0.25, 0.3) is 0 Å². The SMILES string of the molecule is CC(CC#N)N(C)CC(CBr)c1ccccc1. The maximum absolute atomic E-state index is 8.71. The first kappa shape index (κ1) is 14.2. The van der Waals surface area contributed by atoms with Gasteiger partial charge in [0, 0.05) is 23.8 Å². The highest BCUT2D eigenvalue weighted by atomic mass is 79.9. The molecule has 0 N–H and O–H groups in total. The van der Waals surface area contributed by atoms with E-state index in [4.69, 9.17) is 5.26 Å². The van der Waals surface area contributed by atoms with E-state index in [2.05, 4.69) is 65.1 Å². The molecule has 1 aromatic rings. The molecule has 0 radical (unpaired) electrons. The molecule has 2 atom stereocenters. The Morgan fingerprint density at radius 1 is 1.35 bits per heavy atom. The van der Waals surface area contributed by atoms with Gasteiger partial charge in [-0.15, -0.1) is 0 Å². The third kappa shape index (κ3) is 4.49. The lowest BCUT2D eigenvalue weighted by molar-refractivity contribution is 0.250. The molecular formula is C14H19BrN2. The van der Waals surface area contributed by atoms with Crippen molar-refractivity contribution in [3.63, 3.8) is 0 Å². The minimum atomic E-state index is 0.310. The highest BCUT2D eigenvalue weighted by Gasteiger charge is 2.16. The number of likely N-dealkylation sites (N-methyl/N-ethyl adjacent to an activating group) is 1. The fourth-order valence-corrected chi connectivity index (χ4v) is 2.36. The Bertz CT molecular complexity index is 358. The quantitative estimate of drug-likeness (QED) is 0.752. The van der Waals surface area contributed by atoms with Crippen molar-refractivity contribution in [1.29, 1.82) is 5.26 Å². The van der Waals surface area contributed by atoms with Gasteiger partial charge in [-0.2, -0.15) is 5.26 Å². The first-order chi connectivity index (χ1) is 8.19. The topological polar surface area (TPSA) is 27.0 Å². The average molecular weight is 295 g/mol. The number of hydrogen-bond donors (Lipinski definition) is 0. The standard InChI is InChI=1S/C14H19BrN2/c1-12(8-9-16)17(2)11-14(10-15)13-6-4-3-5-7-13/h3-7,12,14H,8,10-11H2,1-2H3. The zero-order chi connectivity index (χ0) is 12.7. The molecule has 1 aromatic carbocycles. The van der Waals surface area contributed by atoms with Crippen molar-refractivity contribution < 1.29 is 0 Å². The molecule has 3 heteroatoms. The van der Waals surface area contributed by atoms with Crippen LogP contribution in [0.4, 0.5) is 0 Å². The molecule has 0 saturated heterocycles. The van der Waals surface area contributed by atoms with Crippen LogP contribution in [0.5, 0.6) is 0 Å². The smallest absolute Gasteiger partial charge is 0.0638 e. The minimum absolute atomic E-state index is 0.310. The second-order valence-corrected chi connectivity index (χ2v) is 5.06. The molecule has 0 aliphatic rings. The van der Waals surface area contributed by atoms with E-state index in [1.807, 2.05) is 6.07 Å². The molecule has 0 aliphatic carbocycles.